The molecular formula is C17H30IN3O3. The number of guanidine groups is 1. The van der Waals surface area contributed by atoms with Crippen molar-refractivity contribution in [1.29, 1.82) is 0 Å². The molecule has 0 amide bonds. The molecule has 0 radical (unpaired) electrons. The summed E-state index contributed by atoms with van der Waals surface area (Å²) < 4.78 is 15.9. The normalized spacial score (nSPS) is 10.8. The molecule has 1 rings (SSSR count). The molecule has 7 heteroatoms. The fourth-order valence-electron chi connectivity index (χ4n) is 2.14. The molecule has 0 unspecified atom stereocenters. The first-order chi connectivity index (χ1) is 11.2. The number of aliphatic imine (C=N–C) groups is 1. The molecule has 1 aromatic rings. The fourth-order valence-corrected chi connectivity index (χ4v) is 2.14. The van der Waals surface area contributed by atoms with Gasteiger partial charge in [0.05, 0.1) is 20.8 Å². The summed E-state index contributed by atoms with van der Waals surface area (Å²) >= 11 is 0. The molecular weight excluding hydrogens is 421 g/mol. The van der Waals surface area contributed by atoms with Gasteiger partial charge in [0.15, 0.2) is 17.5 Å². The van der Waals surface area contributed by atoms with Crippen LogP contribution in [-0.2, 0) is 11.2 Å². The third-order valence-corrected chi connectivity index (χ3v) is 3.35. The van der Waals surface area contributed by atoms with Crippen LogP contribution in [0.15, 0.2) is 23.2 Å². The zero-order valence-electron chi connectivity index (χ0n) is 15.1. The highest BCUT2D eigenvalue weighted by Gasteiger charge is 2.04. The summed E-state index contributed by atoms with van der Waals surface area (Å²) in [7, 11) is 5.07. The van der Waals surface area contributed by atoms with Gasteiger partial charge in [-0.1, -0.05) is 6.07 Å². The molecule has 1 aromatic carbocycles. The maximum Gasteiger partial charge on any atom is 0.191 e. The number of nitrogens with one attached hydrogen (secondary N) is 2. The van der Waals surface area contributed by atoms with Crippen LogP contribution in [0.2, 0.25) is 0 Å². The van der Waals surface area contributed by atoms with Crippen molar-refractivity contribution in [3.05, 3.63) is 23.8 Å². The van der Waals surface area contributed by atoms with Crippen LogP contribution < -0.4 is 20.1 Å². The highest BCUT2D eigenvalue weighted by atomic mass is 127. The summed E-state index contributed by atoms with van der Waals surface area (Å²) in [5, 5.41) is 6.51. The van der Waals surface area contributed by atoms with E-state index < -0.39 is 0 Å². The molecule has 0 aliphatic rings. The van der Waals surface area contributed by atoms with Gasteiger partial charge in [-0.3, -0.25) is 4.99 Å². The summed E-state index contributed by atoms with van der Waals surface area (Å²) in [6, 6.07) is 6.03. The second kappa shape index (κ2) is 14.2. The summed E-state index contributed by atoms with van der Waals surface area (Å²) in [6.45, 7) is 5.01. The minimum absolute atomic E-state index is 0. The van der Waals surface area contributed by atoms with Crippen LogP contribution in [0.3, 0.4) is 0 Å². The van der Waals surface area contributed by atoms with Crippen molar-refractivity contribution in [3.63, 3.8) is 0 Å². The summed E-state index contributed by atoms with van der Waals surface area (Å²) in [4.78, 5) is 4.18. The minimum Gasteiger partial charge on any atom is -0.493 e. The second-order valence-corrected chi connectivity index (χ2v) is 4.92. The highest BCUT2D eigenvalue weighted by Crippen LogP contribution is 2.27. The van der Waals surface area contributed by atoms with Crippen LogP contribution >= 0.6 is 24.0 Å². The van der Waals surface area contributed by atoms with E-state index in [-0.39, 0.29) is 24.0 Å². The quantitative estimate of drug-likeness (QED) is 0.248. The monoisotopic (exact) mass is 451 g/mol. The van der Waals surface area contributed by atoms with Gasteiger partial charge in [-0.05, 0) is 37.5 Å². The van der Waals surface area contributed by atoms with E-state index in [9.17, 15) is 0 Å². The molecule has 0 aliphatic carbocycles. The van der Waals surface area contributed by atoms with E-state index in [4.69, 9.17) is 14.2 Å². The summed E-state index contributed by atoms with van der Waals surface area (Å²) in [6.07, 6.45) is 1.96. The Morgan fingerprint density at radius 1 is 1.08 bits per heavy atom. The molecule has 138 valence electrons. The second-order valence-electron chi connectivity index (χ2n) is 4.92. The molecule has 0 aromatic heterocycles. The van der Waals surface area contributed by atoms with Crippen molar-refractivity contribution in [2.75, 3.05) is 47.6 Å². The maximum absolute atomic E-state index is 5.32. The van der Waals surface area contributed by atoms with Crippen LogP contribution in [-0.4, -0.2) is 53.5 Å². The van der Waals surface area contributed by atoms with Crippen molar-refractivity contribution >= 4 is 29.9 Å². The Labute approximate surface area is 162 Å². The molecule has 0 spiro atoms. The lowest BCUT2D eigenvalue weighted by atomic mass is 10.1. The van der Waals surface area contributed by atoms with Crippen LogP contribution in [0.25, 0.3) is 0 Å². The number of halogens is 1. The molecule has 0 heterocycles. The summed E-state index contributed by atoms with van der Waals surface area (Å²) in [5.74, 6) is 2.33. The van der Waals surface area contributed by atoms with Crippen molar-refractivity contribution in [1.82, 2.24) is 10.6 Å². The number of methoxy groups -OCH3 is 2. The molecule has 24 heavy (non-hydrogen) atoms. The SMILES string of the molecule is CCOCCNC(=NC)NCCCc1ccc(OC)c(OC)c1.I. The van der Waals surface area contributed by atoms with E-state index in [1.165, 1.54) is 5.56 Å². The molecule has 0 aliphatic heterocycles. The Bertz CT molecular complexity index is 484. The summed E-state index contributed by atoms with van der Waals surface area (Å²) in [5.41, 5.74) is 1.23. The fraction of sp³-hybridized carbons (Fsp3) is 0.588. The van der Waals surface area contributed by atoms with Gasteiger partial charge in [-0.25, -0.2) is 0 Å². The number of benzene rings is 1. The third kappa shape index (κ3) is 8.58. The van der Waals surface area contributed by atoms with E-state index in [0.717, 1.165) is 50.0 Å². The molecule has 0 saturated carbocycles. The van der Waals surface area contributed by atoms with Crippen LogP contribution in [0.4, 0.5) is 0 Å². The molecule has 0 bridgehead atoms. The molecule has 6 nitrogen and oxygen atoms in total. The molecule has 2 N–H and O–H groups in total. The first kappa shape index (κ1) is 22.8. The Morgan fingerprint density at radius 2 is 1.79 bits per heavy atom. The first-order valence-corrected chi connectivity index (χ1v) is 7.98. The van der Waals surface area contributed by atoms with Gasteiger partial charge in [-0.2, -0.15) is 0 Å². The van der Waals surface area contributed by atoms with E-state index >= 15 is 0 Å². The van der Waals surface area contributed by atoms with Crippen molar-refractivity contribution in [2.45, 2.75) is 19.8 Å². The number of aryl methyl sites for hydroxylation is 1. The third-order valence-electron chi connectivity index (χ3n) is 3.35. The van der Waals surface area contributed by atoms with Crippen molar-refractivity contribution in [2.24, 2.45) is 4.99 Å². The van der Waals surface area contributed by atoms with E-state index in [0.29, 0.717) is 6.61 Å². The zero-order chi connectivity index (χ0) is 16.9. The Morgan fingerprint density at radius 3 is 2.42 bits per heavy atom. The lowest BCUT2D eigenvalue weighted by Crippen LogP contribution is -2.39. The zero-order valence-corrected chi connectivity index (χ0v) is 17.4. The van der Waals surface area contributed by atoms with Gasteiger partial charge in [0.2, 0.25) is 0 Å². The van der Waals surface area contributed by atoms with Crippen LogP contribution in [0.5, 0.6) is 11.5 Å². The van der Waals surface area contributed by atoms with Gasteiger partial charge in [0.25, 0.3) is 0 Å². The minimum atomic E-state index is 0. The van der Waals surface area contributed by atoms with E-state index in [1.54, 1.807) is 21.3 Å². The topological polar surface area (TPSA) is 64.1 Å². The Balaban J connectivity index is 0.00000529. The predicted molar refractivity (Wildman–Crippen MR) is 109 cm³/mol. The van der Waals surface area contributed by atoms with Gasteiger partial charge >= 0.3 is 0 Å². The van der Waals surface area contributed by atoms with Crippen LogP contribution in [0, 0.1) is 0 Å². The largest absolute Gasteiger partial charge is 0.493 e. The lowest BCUT2D eigenvalue weighted by molar-refractivity contribution is 0.152. The number of hydrogen-bond donors (Lipinski definition) is 2. The first-order valence-electron chi connectivity index (χ1n) is 7.98. The Kier molecular flexibility index (Phi) is 13.4. The molecule has 0 saturated heterocycles. The highest BCUT2D eigenvalue weighted by molar-refractivity contribution is 14.0. The van der Waals surface area contributed by atoms with Gasteiger partial charge in [0, 0.05) is 26.7 Å². The standard InChI is InChI=1S/C17H29N3O3.HI/c1-5-23-12-11-20-17(18-2)19-10-6-7-14-8-9-15(21-3)16(13-14)22-4;/h8-9,13H,5-7,10-12H2,1-4H3,(H2,18,19,20);1H. The molecule has 0 atom stereocenters. The van der Waals surface area contributed by atoms with Crippen molar-refractivity contribution < 1.29 is 14.2 Å². The maximum atomic E-state index is 5.32. The van der Waals surface area contributed by atoms with E-state index in [1.807, 2.05) is 19.1 Å². The van der Waals surface area contributed by atoms with Gasteiger partial charge in [0.1, 0.15) is 0 Å². The smallest absolute Gasteiger partial charge is 0.191 e. The van der Waals surface area contributed by atoms with Gasteiger partial charge in [-0.15, -0.1) is 24.0 Å². The number of ether oxygens (including phenoxy) is 3. The molecule has 0 fully saturated rings. The average molecular weight is 451 g/mol. The number of nitrogens with zero attached hydrogens (tertiary/aromatic N) is 1. The van der Waals surface area contributed by atoms with Crippen molar-refractivity contribution in [3.8, 4) is 11.5 Å². The number of rotatable bonds is 10. The van der Waals surface area contributed by atoms with Gasteiger partial charge < -0.3 is 24.8 Å². The van der Waals surface area contributed by atoms with E-state index in [2.05, 4.69) is 21.7 Å². The predicted octanol–water partition coefficient (Wildman–Crippen LogP) is 2.46. The average Bonchev–Trinajstić information content (AvgIpc) is 2.60. The lowest BCUT2D eigenvalue weighted by Gasteiger charge is -2.12. The Hall–Kier alpha value is -1.22. The number of hydrogen-bond acceptors (Lipinski definition) is 4. The van der Waals surface area contributed by atoms with Crippen LogP contribution in [0.1, 0.15) is 18.9 Å².